The number of likely N-dealkylation sites (N-methyl/N-ethyl adjacent to an activating group) is 2. The van der Waals surface area contributed by atoms with E-state index in [1.165, 1.54) is 6.20 Å². The number of rotatable bonds is 23. The summed E-state index contributed by atoms with van der Waals surface area (Å²) in [6.45, 7) is 13.6. The molecule has 0 radical (unpaired) electrons. The highest BCUT2D eigenvalue weighted by atomic mass is 32.1. The van der Waals surface area contributed by atoms with E-state index in [0.29, 0.717) is 39.0 Å². The molecule has 3 atom stereocenters. The topological polar surface area (TPSA) is 200 Å². The predicted molar refractivity (Wildman–Crippen MR) is 181 cm³/mol. The number of nitrogens with zero attached hydrogens (tertiary/aromatic N) is 2. The Morgan fingerprint density at radius 1 is 1.00 bits per heavy atom. The first-order valence-corrected chi connectivity index (χ1v) is 17.3. The van der Waals surface area contributed by atoms with Crippen LogP contribution >= 0.6 is 11.3 Å². The number of ketones is 1. The van der Waals surface area contributed by atoms with Gasteiger partial charge in [-0.15, -0.1) is 0 Å². The second kappa shape index (κ2) is 20.1. The number of ether oxygens (including phenoxy) is 2. The maximum atomic E-state index is 13.0. The fourth-order valence-corrected chi connectivity index (χ4v) is 5.31. The summed E-state index contributed by atoms with van der Waals surface area (Å²) in [6, 6.07) is -1.56. The molecule has 0 aromatic carbocycles. The molecular formula is C32H53N7O8S. The van der Waals surface area contributed by atoms with Gasteiger partial charge in [-0.3, -0.25) is 33.7 Å². The fourth-order valence-electron chi connectivity index (χ4n) is 4.61. The minimum atomic E-state index is -0.882. The number of amides is 4. The largest absolute Gasteiger partial charge is 0.397 e. The zero-order chi connectivity index (χ0) is 35.9. The molecule has 5 N–H and O–H groups in total. The lowest BCUT2D eigenvalue weighted by molar-refractivity contribution is -0.135. The van der Waals surface area contributed by atoms with Crippen molar-refractivity contribution >= 4 is 46.7 Å². The third kappa shape index (κ3) is 14.7. The molecule has 0 spiro atoms. The Bertz CT molecular complexity index is 1250. The lowest BCUT2D eigenvalue weighted by atomic mass is 9.93. The summed E-state index contributed by atoms with van der Waals surface area (Å²) in [5.41, 5.74) is -0.858. The highest BCUT2D eigenvalue weighted by molar-refractivity contribution is 7.15. The monoisotopic (exact) mass is 695 g/mol. The Morgan fingerprint density at radius 2 is 1.69 bits per heavy atom. The molecule has 0 saturated carbocycles. The van der Waals surface area contributed by atoms with Crippen molar-refractivity contribution in [2.75, 3.05) is 52.9 Å². The average molecular weight is 696 g/mol. The van der Waals surface area contributed by atoms with Crippen molar-refractivity contribution < 1.29 is 38.2 Å². The van der Waals surface area contributed by atoms with Gasteiger partial charge in [-0.2, -0.15) is 0 Å². The summed E-state index contributed by atoms with van der Waals surface area (Å²) < 4.78 is 10.5. The standard InChI is InChI=1S/C32H53N7O8S/c1-8-39(14-13-33-7)18-27(42)47-31-36-16-24(48-31)30(45)35-17-26(41)37-22(10-9-20(2)3)29(44)34-12-11-25(40)38-23(15-21(4)5)28(43)32(6)19-46-32/h16,20-23,33H,8-15,17-19H2,1-7H3,(H,34,44)(H,35,45)(H,37,41)(H,38,40). The Kier molecular flexibility index (Phi) is 17.1. The van der Waals surface area contributed by atoms with Gasteiger partial charge in [0, 0.05) is 26.1 Å². The van der Waals surface area contributed by atoms with E-state index in [4.69, 9.17) is 9.47 Å². The molecular weight excluding hydrogens is 642 g/mol. The minimum absolute atomic E-state index is 0.0104. The van der Waals surface area contributed by atoms with Crippen LogP contribution in [0.3, 0.4) is 0 Å². The highest BCUT2D eigenvalue weighted by Crippen LogP contribution is 2.29. The van der Waals surface area contributed by atoms with E-state index >= 15 is 0 Å². The van der Waals surface area contributed by atoms with Crippen LogP contribution in [0, 0.1) is 11.8 Å². The van der Waals surface area contributed by atoms with Crippen molar-refractivity contribution in [3.63, 3.8) is 0 Å². The molecule has 4 amide bonds. The third-order valence-corrected chi connectivity index (χ3v) is 8.46. The van der Waals surface area contributed by atoms with Crippen LogP contribution in [0.2, 0.25) is 0 Å². The molecule has 0 aliphatic carbocycles. The SMILES string of the molecule is CCN(CCNC)CC(=O)Oc1ncc(C(=O)NCC(=O)NC(CCC(C)C)C(=O)NCCC(=O)NC(CC(C)C)C(=O)C2(C)CO2)s1. The molecule has 3 unspecified atom stereocenters. The molecule has 16 heteroatoms. The predicted octanol–water partition coefficient (Wildman–Crippen LogP) is 0.636. The van der Waals surface area contributed by atoms with Gasteiger partial charge in [-0.05, 0) is 51.6 Å². The van der Waals surface area contributed by atoms with E-state index in [0.717, 1.165) is 17.9 Å². The second-order valence-electron chi connectivity index (χ2n) is 12.9. The maximum Gasteiger partial charge on any atom is 0.327 e. The van der Waals surface area contributed by atoms with Crippen molar-refractivity contribution in [1.82, 2.24) is 36.5 Å². The van der Waals surface area contributed by atoms with E-state index in [9.17, 15) is 28.8 Å². The zero-order valence-corrected chi connectivity index (χ0v) is 30.1. The maximum absolute atomic E-state index is 13.0. The van der Waals surface area contributed by atoms with Gasteiger partial charge in [-0.1, -0.05) is 46.0 Å². The smallest absolute Gasteiger partial charge is 0.327 e. The van der Waals surface area contributed by atoms with Crippen molar-refractivity contribution in [3.05, 3.63) is 11.1 Å². The lowest BCUT2D eigenvalue weighted by Gasteiger charge is -2.22. The highest BCUT2D eigenvalue weighted by Gasteiger charge is 2.50. The fraction of sp³-hybridized carbons (Fsp3) is 0.719. The van der Waals surface area contributed by atoms with Gasteiger partial charge in [0.25, 0.3) is 11.1 Å². The van der Waals surface area contributed by atoms with Gasteiger partial charge in [0.05, 0.1) is 31.9 Å². The molecule has 15 nitrogen and oxygen atoms in total. The van der Waals surface area contributed by atoms with Crippen LogP contribution in [-0.4, -0.2) is 116 Å². The average Bonchev–Trinajstić information content (AvgIpc) is 3.61. The number of aromatic nitrogens is 1. The van der Waals surface area contributed by atoms with E-state index in [1.54, 1.807) is 6.92 Å². The number of hydrogen-bond acceptors (Lipinski definition) is 12. The van der Waals surface area contributed by atoms with E-state index < -0.39 is 47.9 Å². The summed E-state index contributed by atoms with van der Waals surface area (Å²) in [6.07, 6.45) is 2.69. The van der Waals surface area contributed by atoms with E-state index in [1.807, 2.05) is 46.6 Å². The van der Waals surface area contributed by atoms with Crippen LogP contribution in [0.5, 0.6) is 5.19 Å². The number of carbonyl (C=O) groups is 6. The van der Waals surface area contributed by atoms with Crippen LogP contribution in [0.25, 0.3) is 0 Å². The molecule has 270 valence electrons. The molecule has 1 aliphatic heterocycles. The summed E-state index contributed by atoms with van der Waals surface area (Å²) in [5.74, 6) is -2.21. The van der Waals surface area contributed by atoms with Crippen LogP contribution < -0.4 is 31.3 Å². The summed E-state index contributed by atoms with van der Waals surface area (Å²) >= 11 is 0.876. The molecule has 48 heavy (non-hydrogen) atoms. The van der Waals surface area contributed by atoms with E-state index in [-0.39, 0.29) is 53.1 Å². The van der Waals surface area contributed by atoms with Gasteiger partial charge in [0.2, 0.25) is 17.7 Å². The molecule has 1 aliphatic rings. The quantitative estimate of drug-likeness (QED) is 0.0795. The van der Waals surface area contributed by atoms with Crippen molar-refractivity contribution in [2.24, 2.45) is 11.8 Å². The molecule has 2 heterocycles. The number of nitrogens with one attached hydrogen (secondary N) is 5. The van der Waals surface area contributed by atoms with Crippen molar-refractivity contribution in [3.8, 4) is 5.19 Å². The van der Waals surface area contributed by atoms with Gasteiger partial charge < -0.3 is 36.1 Å². The summed E-state index contributed by atoms with van der Waals surface area (Å²) in [7, 11) is 1.83. The Morgan fingerprint density at radius 3 is 2.29 bits per heavy atom. The molecule has 1 fully saturated rings. The minimum Gasteiger partial charge on any atom is -0.397 e. The summed E-state index contributed by atoms with van der Waals surface area (Å²) in [4.78, 5) is 82.1. The number of hydrogen-bond donors (Lipinski definition) is 5. The van der Waals surface area contributed by atoms with Crippen molar-refractivity contribution in [2.45, 2.75) is 84.9 Å². The van der Waals surface area contributed by atoms with Crippen LogP contribution in [0.4, 0.5) is 0 Å². The third-order valence-electron chi connectivity index (χ3n) is 7.59. The number of carbonyl (C=O) groups excluding carboxylic acids is 6. The first kappa shape index (κ1) is 40.7. The number of epoxide rings is 1. The molecule has 1 saturated heterocycles. The van der Waals surface area contributed by atoms with Gasteiger partial charge in [0.1, 0.15) is 16.5 Å². The van der Waals surface area contributed by atoms with Crippen LogP contribution in [0.15, 0.2) is 6.20 Å². The Hall–Kier alpha value is -3.47. The lowest BCUT2D eigenvalue weighted by Crippen LogP contribution is -2.50. The van der Waals surface area contributed by atoms with Crippen LogP contribution in [0.1, 0.15) is 76.9 Å². The van der Waals surface area contributed by atoms with E-state index in [2.05, 4.69) is 31.6 Å². The first-order chi connectivity index (χ1) is 22.7. The van der Waals surface area contributed by atoms with Crippen LogP contribution in [-0.2, 0) is 28.7 Å². The second-order valence-corrected chi connectivity index (χ2v) is 13.9. The number of esters is 1. The number of thiazole rings is 1. The Labute approximate surface area is 287 Å². The summed E-state index contributed by atoms with van der Waals surface area (Å²) in [5, 5.41) is 13.7. The number of Topliss-reactive ketones (excluding diaryl/α,β-unsaturated/α-hetero) is 1. The molecule has 2 rings (SSSR count). The molecule has 1 aromatic heterocycles. The molecule has 0 bridgehead atoms. The van der Waals surface area contributed by atoms with Crippen molar-refractivity contribution in [1.29, 1.82) is 0 Å². The Balaban J connectivity index is 1.84. The first-order valence-electron chi connectivity index (χ1n) is 16.5. The van der Waals surface area contributed by atoms with Gasteiger partial charge in [-0.25, -0.2) is 4.98 Å². The molecule has 1 aromatic rings. The normalized spacial score (nSPS) is 16.7. The van der Waals surface area contributed by atoms with Gasteiger partial charge >= 0.3 is 5.97 Å². The van der Waals surface area contributed by atoms with Gasteiger partial charge in [0.15, 0.2) is 5.78 Å². The zero-order valence-electron chi connectivity index (χ0n) is 29.2.